The molecule has 5 nitrogen and oxygen atoms in total. The van der Waals surface area contributed by atoms with Crippen LogP contribution in [0.5, 0.6) is 0 Å². The number of nitrogens with one attached hydrogen (secondary N) is 1. The minimum atomic E-state index is -0.210. The summed E-state index contributed by atoms with van der Waals surface area (Å²) in [4.78, 5) is 18.5. The molecule has 6 heteroatoms. The van der Waals surface area contributed by atoms with E-state index in [9.17, 15) is 4.79 Å². The maximum absolute atomic E-state index is 13.3. The van der Waals surface area contributed by atoms with E-state index in [0.29, 0.717) is 11.3 Å². The second kappa shape index (κ2) is 9.05. The van der Waals surface area contributed by atoms with Crippen LogP contribution in [0.4, 0.5) is 0 Å². The largest absolute Gasteiger partial charge is 0.340 e. The topological polar surface area (TPSA) is 59.8 Å². The van der Waals surface area contributed by atoms with E-state index < -0.39 is 0 Å². The Morgan fingerprint density at radius 1 is 1.13 bits per heavy atom. The Balaban J connectivity index is 1.65. The number of rotatable bonds is 7. The first-order valence-corrected chi connectivity index (χ1v) is 10.9. The molecule has 1 amide bonds. The van der Waals surface area contributed by atoms with Gasteiger partial charge in [0, 0.05) is 36.1 Å². The van der Waals surface area contributed by atoms with Gasteiger partial charge in [0.15, 0.2) is 0 Å². The fraction of sp³-hybridized carbons (Fsp3) is 0.208. The number of hydrogen-bond acceptors (Lipinski definition) is 4. The zero-order valence-corrected chi connectivity index (χ0v) is 17.9. The van der Waals surface area contributed by atoms with Gasteiger partial charge in [-0.15, -0.1) is 11.3 Å². The van der Waals surface area contributed by atoms with Crippen molar-refractivity contribution < 1.29 is 4.79 Å². The maximum atomic E-state index is 13.3. The van der Waals surface area contributed by atoms with Crippen molar-refractivity contribution in [2.75, 3.05) is 0 Å². The minimum absolute atomic E-state index is 0.147. The van der Waals surface area contributed by atoms with Gasteiger partial charge in [0.2, 0.25) is 0 Å². The summed E-state index contributed by atoms with van der Waals surface area (Å²) >= 11 is 1.64. The van der Waals surface area contributed by atoms with Gasteiger partial charge in [0.25, 0.3) is 5.91 Å². The van der Waals surface area contributed by atoms with E-state index in [0.717, 1.165) is 28.8 Å². The number of carbonyl (C=O) groups is 1. The molecule has 0 saturated heterocycles. The molecule has 0 unspecified atom stereocenters. The summed E-state index contributed by atoms with van der Waals surface area (Å²) in [5, 5.41) is 9.77. The molecule has 152 valence electrons. The van der Waals surface area contributed by atoms with Crippen LogP contribution in [-0.4, -0.2) is 20.7 Å². The van der Waals surface area contributed by atoms with Crippen molar-refractivity contribution in [1.29, 1.82) is 0 Å². The first-order chi connectivity index (χ1) is 14.7. The lowest BCUT2D eigenvalue weighted by Gasteiger charge is -2.18. The number of benzene rings is 1. The first-order valence-electron chi connectivity index (χ1n) is 10.0. The van der Waals surface area contributed by atoms with Gasteiger partial charge in [0.05, 0.1) is 11.6 Å². The molecule has 0 saturated carbocycles. The summed E-state index contributed by atoms with van der Waals surface area (Å²) in [6.07, 6.45) is 7.35. The summed E-state index contributed by atoms with van der Waals surface area (Å²) in [6.45, 7) is 2.18. The average Bonchev–Trinajstić information content (AvgIpc) is 3.43. The Morgan fingerprint density at radius 2 is 1.90 bits per heavy atom. The van der Waals surface area contributed by atoms with Gasteiger partial charge in [-0.1, -0.05) is 43.7 Å². The van der Waals surface area contributed by atoms with Gasteiger partial charge in [-0.3, -0.25) is 14.5 Å². The number of pyridine rings is 1. The fourth-order valence-corrected chi connectivity index (χ4v) is 4.33. The first kappa shape index (κ1) is 20.0. The molecule has 0 fully saturated rings. The maximum Gasteiger partial charge on any atom is 0.255 e. The Hall–Kier alpha value is -3.25. The fourth-order valence-electron chi connectivity index (χ4n) is 3.53. The van der Waals surface area contributed by atoms with Crippen LogP contribution >= 0.6 is 11.3 Å². The zero-order chi connectivity index (χ0) is 20.9. The van der Waals surface area contributed by atoms with Gasteiger partial charge in [-0.05, 0) is 41.1 Å². The number of aromatic nitrogens is 3. The van der Waals surface area contributed by atoms with Crippen molar-refractivity contribution in [2.45, 2.75) is 25.8 Å². The van der Waals surface area contributed by atoms with Crippen LogP contribution in [0.2, 0.25) is 0 Å². The van der Waals surface area contributed by atoms with Gasteiger partial charge in [-0.2, -0.15) is 5.10 Å². The lowest BCUT2D eigenvalue weighted by molar-refractivity contribution is 0.0944. The Morgan fingerprint density at radius 3 is 2.57 bits per heavy atom. The van der Waals surface area contributed by atoms with Crippen LogP contribution < -0.4 is 5.32 Å². The molecule has 0 bridgehead atoms. The predicted octanol–water partition coefficient (Wildman–Crippen LogP) is 5.02. The molecule has 3 aromatic heterocycles. The van der Waals surface area contributed by atoms with Crippen LogP contribution in [0.25, 0.3) is 11.3 Å². The number of carbonyl (C=O) groups excluding carboxylic acids is 1. The molecule has 1 N–H and O–H groups in total. The van der Waals surface area contributed by atoms with Gasteiger partial charge in [-0.25, -0.2) is 0 Å². The SMILES string of the molecule is CCCc1ccc([C@H](NC(=O)c2cn(C)nc2-c2ccncc2)c2cccs2)cc1. The lowest BCUT2D eigenvalue weighted by Crippen LogP contribution is -2.29. The third-order valence-electron chi connectivity index (χ3n) is 4.98. The van der Waals surface area contributed by atoms with Crippen LogP contribution in [0.3, 0.4) is 0 Å². The van der Waals surface area contributed by atoms with E-state index in [1.165, 1.54) is 5.56 Å². The zero-order valence-electron chi connectivity index (χ0n) is 17.1. The molecule has 0 radical (unpaired) electrons. The minimum Gasteiger partial charge on any atom is -0.340 e. The highest BCUT2D eigenvalue weighted by Crippen LogP contribution is 2.28. The number of nitrogens with zero attached hydrogens (tertiary/aromatic N) is 3. The molecule has 0 spiro atoms. The van der Waals surface area contributed by atoms with Gasteiger partial charge in [0.1, 0.15) is 5.69 Å². The number of hydrogen-bond donors (Lipinski definition) is 1. The highest BCUT2D eigenvalue weighted by Gasteiger charge is 2.23. The summed E-state index contributed by atoms with van der Waals surface area (Å²) in [5.41, 5.74) is 4.45. The molecule has 0 aliphatic heterocycles. The highest BCUT2D eigenvalue weighted by atomic mass is 32.1. The number of aryl methyl sites for hydroxylation is 2. The third kappa shape index (κ3) is 4.33. The van der Waals surface area contributed by atoms with E-state index in [1.807, 2.05) is 30.6 Å². The normalized spacial score (nSPS) is 11.9. The van der Waals surface area contributed by atoms with Crippen LogP contribution in [-0.2, 0) is 13.5 Å². The molecule has 4 rings (SSSR count). The van der Waals surface area contributed by atoms with Crippen molar-refractivity contribution >= 4 is 17.2 Å². The van der Waals surface area contributed by atoms with E-state index in [1.54, 1.807) is 34.6 Å². The van der Waals surface area contributed by atoms with Crippen molar-refractivity contribution in [2.24, 2.45) is 7.05 Å². The molecule has 0 aliphatic rings. The molecule has 1 aromatic carbocycles. The highest BCUT2D eigenvalue weighted by molar-refractivity contribution is 7.10. The molecule has 0 aliphatic carbocycles. The summed E-state index contributed by atoms with van der Waals surface area (Å²) in [7, 11) is 1.82. The molecule has 30 heavy (non-hydrogen) atoms. The number of amides is 1. The molecular formula is C24H24N4OS. The Bertz CT molecular complexity index is 1100. The van der Waals surface area contributed by atoms with E-state index in [4.69, 9.17) is 0 Å². The van der Waals surface area contributed by atoms with Crippen LogP contribution in [0, 0.1) is 0 Å². The predicted molar refractivity (Wildman–Crippen MR) is 121 cm³/mol. The van der Waals surface area contributed by atoms with Gasteiger partial charge < -0.3 is 5.32 Å². The van der Waals surface area contributed by atoms with Crippen molar-refractivity contribution in [3.8, 4) is 11.3 Å². The summed E-state index contributed by atoms with van der Waals surface area (Å²) in [6, 6.07) is 16.1. The number of thiophene rings is 1. The molecule has 1 atom stereocenters. The quantitative estimate of drug-likeness (QED) is 0.460. The molecular weight excluding hydrogens is 392 g/mol. The summed E-state index contributed by atoms with van der Waals surface area (Å²) < 4.78 is 1.67. The van der Waals surface area contributed by atoms with E-state index in [2.05, 4.69) is 52.7 Å². The van der Waals surface area contributed by atoms with Gasteiger partial charge >= 0.3 is 0 Å². The third-order valence-corrected chi connectivity index (χ3v) is 5.92. The van der Waals surface area contributed by atoms with E-state index >= 15 is 0 Å². The summed E-state index contributed by atoms with van der Waals surface area (Å²) in [5.74, 6) is -0.147. The smallest absolute Gasteiger partial charge is 0.255 e. The molecule has 4 aromatic rings. The Labute approximate surface area is 180 Å². The standard InChI is InChI=1S/C24H24N4OS/c1-3-5-17-7-9-18(10-8-17)23(21-6-4-15-30-21)26-24(29)20-16-28(2)27-22(20)19-11-13-25-14-12-19/h4,6-16,23H,3,5H2,1-2H3,(H,26,29)/t23-/m0/s1. The monoisotopic (exact) mass is 416 g/mol. The second-order valence-corrected chi connectivity index (χ2v) is 8.19. The van der Waals surface area contributed by atoms with E-state index in [-0.39, 0.29) is 11.9 Å². The Kier molecular flexibility index (Phi) is 6.05. The van der Waals surface area contributed by atoms with Crippen LogP contribution in [0.15, 0.2) is 72.5 Å². The lowest BCUT2D eigenvalue weighted by atomic mass is 10.0. The van der Waals surface area contributed by atoms with Crippen molar-refractivity contribution in [3.05, 3.63) is 94.1 Å². The van der Waals surface area contributed by atoms with Crippen LogP contribution in [0.1, 0.15) is 45.7 Å². The van der Waals surface area contributed by atoms with Crippen molar-refractivity contribution in [1.82, 2.24) is 20.1 Å². The molecule has 3 heterocycles. The second-order valence-electron chi connectivity index (χ2n) is 7.21. The van der Waals surface area contributed by atoms with Crippen molar-refractivity contribution in [3.63, 3.8) is 0 Å². The average molecular weight is 417 g/mol.